The van der Waals surface area contributed by atoms with Gasteiger partial charge in [-0.3, -0.25) is 4.79 Å². The molecular formula is C17H20N2O. The Morgan fingerprint density at radius 2 is 1.70 bits per heavy atom. The molecule has 0 saturated carbocycles. The molecule has 3 heteroatoms. The lowest BCUT2D eigenvalue weighted by Crippen LogP contribution is -2.31. The van der Waals surface area contributed by atoms with Gasteiger partial charge in [0.1, 0.15) is 0 Å². The maximum absolute atomic E-state index is 12.8. The number of nitrogens with two attached hydrogens (primary N) is 1. The minimum atomic E-state index is 0.0303. The molecular weight excluding hydrogens is 248 g/mol. The maximum Gasteiger partial charge on any atom is 0.258 e. The van der Waals surface area contributed by atoms with Gasteiger partial charge in [-0.05, 0) is 43.7 Å². The number of hydrogen-bond acceptors (Lipinski definition) is 2. The van der Waals surface area contributed by atoms with E-state index in [0.29, 0.717) is 19.5 Å². The average molecular weight is 268 g/mol. The zero-order chi connectivity index (χ0) is 14.4. The van der Waals surface area contributed by atoms with E-state index in [1.807, 2.05) is 61.5 Å². The molecule has 20 heavy (non-hydrogen) atoms. The molecule has 0 unspecified atom stereocenters. The molecule has 0 radical (unpaired) electrons. The Hall–Kier alpha value is -2.13. The molecule has 2 aromatic carbocycles. The highest BCUT2D eigenvalue weighted by atomic mass is 16.2. The van der Waals surface area contributed by atoms with Gasteiger partial charge >= 0.3 is 0 Å². The number of benzene rings is 2. The van der Waals surface area contributed by atoms with Crippen LogP contribution >= 0.6 is 0 Å². The van der Waals surface area contributed by atoms with Crippen LogP contribution in [0.3, 0.4) is 0 Å². The third kappa shape index (κ3) is 3.06. The molecule has 0 spiro atoms. The van der Waals surface area contributed by atoms with Crippen LogP contribution in [-0.2, 0) is 6.42 Å². The fraction of sp³-hybridized carbons (Fsp3) is 0.235. The standard InChI is InChI=1S/C17H20N2O/c1-2-19(15-9-4-3-5-10-15)17(20)16-11-7-6-8-14(16)12-13-18/h3-11H,2,12-13,18H2,1H3. The Balaban J connectivity index is 2.34. The van der Waals surface area contributed by atoms with Crippen molar-refractivity contribution in [1.82, 2.24) is 0 Å². The van der Waals surface area contributed by atoms with E-state index >= 15 is 0 Å². The number of nitrogens with zero attached hydrogens (tertiary/aromatic N) is 1. The van der Waals surface area contributed by atoms with Gasteiger partial charge in [-0.1, -0.05) is 36.4 Å². The lowest BCUT2D eigenvalue weighted by atomic mass is 10.0. The summed E-state index contributed by atoms with van der Waals surface area (Å²) in [5.41, 5.74) is 8.29. The molecule has 3 nitrogen and oxygen atoms in total. The summed E-state index contributed by atoms with van der Waals surface area (Å²) in [7, 11) is 0. The van der Waals surface area contributed by atoms with Crippen molar-refractivity contribution in [1.29, 1.82) is 0 Å². The predicted octanol–water partition coefficient (Wildman–Crippen LogP) is 2.85. The number of para-hydroxylation sites is 1. The van der Waals surface area contributed by atoms with Crippen molar-refractivity contribution in [2.75, 3.05) is 18.0 Å². The molecule has 0 heterocycles. The fourth-order valence-electron chi connectivity index (χ4n) is 2.30. The van der Waals surface area contributed by atoms with Gasteiger partial charge in [0.25, 0.3) is 5.91 Å². The predicted molar refractivity (Wildman–Crippen MR) is 83.0 cm³/mol. The van der Waals surface area contributed by atoms with E-state index < -0.39 is 0 Å². The first-order valence-corrected chi connectivity index (χ1v) is 6.92. The van der Waals surface area contributed by atoms with Crippen LogP contribution in [0.4, 0.5) is 5.69 Å². The third-order valence-electron chi connectivity index (χ3n) is 3.29. The Morgan fingerprint density at radius 3 is 2.35 bits per heavy atom. The molecule has 0 aliphatic carbocycles. The largest absolute Gasteiger partial charge is 0.330 e. The monoisotopic (exact) mass is 268 g/mol. The number of carbonyl (C=O) groups is 1. The molecule has 0 saturated heterocycles. The molecule has 104 valence electrons. The van der Waals surface area contributed by atoms with E-state index in [1.54, 1.807) is 4.90 Å². The average Bonchev–Trinajstić information content (AvgIpc) is 2.50. The Kier molecular flexibility index (Phi) is 4.91. The van der Waals surface area contributed by atoms with Crippen molar-refractivity contribution in [2.24, 2.45) is 5.73 Å². The lowest BCUT2D eigenvalue weighted by Gasteiger charge is -2.22. The van der Waals surface area contributed by atoms with E-state index in [2.05, 4.69) is 0 Å². The van der Waals surface area contributed by atoms with E-state index in [-0.39, 0.29) is 5.91 Å². The summed E-state index contributed by atoms with van der Waals surface area (Å²) in [6.45, 7) is 3.16. The topological polar surface area (TPSA) is 46.3 Å². The van der Waals surface area contributed by atoms with Crippen LogP contribution in [0.25, 0.3) is 0 Å². The second-order valence-corrected chi connectivity index (χ2v) is 4.58. The van der Waals surface area contributed by atoms with Crippen molar-refractivity contribution < 1.29 is 4.79 Å². The van der Waals surface area contributed by atoms with Gasteiger partial charge in [0.2, 0.25) is 0 Å². The second-order valence-electron chi connectivity index (χ2n) is 4.58. The Bertz CT molecular complexity index is 566. The number of amides is 1. The van der Waals surface area contributed by atoms with Crippen molar-refractivity contribution in [3.63, 3.8) is 0 Å². The van der Waals surface area contributed by atoms with Crippen molar-refractivity contribution in [2.45, 2.75) is 13.3 Å². The molecule has 0 fully saturated rings. The van der Waals surface area contributed by atoms with Crippen molar-refractivity contribution >= 4 is 11.6 Å². The third-order valence-corrected chi connectivity index (χ3v) is 3.29. The van der Waals surface area contributed by atoms with Gasteiger partial charge in [-0.25, -0.2) is 0 Å². The first-order valence-electron chi connectivity index (χ1n) is 6.92. The quantitative estimate of drug-likeness (QED) is 0.906. The zero-order valence-electron chi connectivity index (χ0n) is 11.8. The minimum absolute atomic E-state index is 0.0303. The smallest absolute Gasteiger partial charge is 0.258 e. The molecule has 0 aromatic heterocycles. The highest BCUT2D eigenvalue weighted by Gasteiger charge is 2.18. The SMILES string of the molecule is CCN(C(=O)c1ccccc1CCN)c1ccccc1. The zero-order valence-corrected chi connectivity index (χ0v) is 11.8. The highest BCUT2D eigenvalue weighted by molar-refractivity contribution is 6.07. The van der Waals surface area contributed by atoms with Crippen LogP contribution in [-0.4, -0.2) is 19.0 Å². The fourth-order valence-corrected chi connectivity index (χ4v) is 2.30. The Morgan fingerprint density at radius 1 is 1.05 bits per heavy atom. The van der Waals surface area contributed by atoms with Gasteiger partial charge in [0, 0.05) is 17.8 Å². The van der Waals surface area contributed by atoms with Gasteiger partial charge < -0.3 is 10.6 Å². The maximum atomic E-state index is 12.8. The molecule has 0 bridgehead atoms. The van der Waals surface area contributed by atoms with E-state index in [0.717, 1.165) is 16.8 Å². The van der Waals surface area contributed by atoms with Gasteiger partial charge in [0.05, 0.1) is 0 Å². The van der Waals surface area contributed by atoms with E-state index in [4.69, 9.17) is 5.73 Å². The molecule has 1 amide bonds. The number of anilines is 1. The first kappa shape index (κ1) is 14.3. The summed E-state index contributed by atoms with van der Waals surface area (Å²) >= 11 is 0. The summed E-state index contributed by atoms with van der Waals surface area (Å²) < 4.78 is 0. The van der Waals surface area contributed by atoms with E-state index in [1.165, 1.54) is 0 Å². The van der Waals surface area contributed by atoms with Crippen molar-refractivity contribution in [3.05, 3.63) is 65.7 Å². The molecule has 0 atom stereocenters. The van der Waals surface area contributed by atoms with E-state index in [9.17, 15) is 4.79 Å². The summed E-state index contributed by atoms with van der Waals surface area (Å²) in [5, 5.41) is 0. The van der Waals surface area contributed by atoms with Gasteiger partial charge in [-0.2, -0.15) is 0 Å². The Labute approximate surface area is 120 Å². The summed E-state index contributed by atoms with van der Waals surface area (Å²) in [4.78, 5) is 14.5. The second kappa shape index (κ2) is 6.87. The van der Waals surface area contributed by atoms with Crippen LogP contribution in [0, 0.1) is 0 Å². The molecule has 0 aliphatic heterocycles. The number of hydrogen-bond donors (Lipinski definition) is 1. The molecule has 2 aromatic rings. The molecule has 2 N–H and O–H groups in total. The summed E-state index contributed by atoms with van der Waals surface area (Å²) in [6, 6.07) is 17.4. The summed E-state index contributed by atoms with van der Waals surface area (Å²) in [5.74, 6) is 0.0303. The van der Waals surface area contributed by atoms with Crippen LogP contribution in [0.1, 0.15) is 22.8 Å². The summed E-state index contributed by atoms with van der Waals surface area (Å²) in [6.07, 6.45) is 0.717. The van der Waals surface area contributed by atoms with Crippen LogP contribution in [0.5, 0.6) is 0 Å². The first-order chi connectivity index (χ1) is 9.77. The normalized spacial score (nSPS) is 10.3. The molecule has 2 rings (SSSR count). The highest BCUT2D eigenvalue weighted by Crippen LogP contribution is 2.19. The number of rotatable bonds is 5. The van der Waals surface area contributed by atoms with Crippen LogP contribution in [0.15, 0.2) is 54.6 Å². The van der Waals surface area contributed by atoms with Crippen LogP contribution < -0.4 is 10.6 Å². The molecule has 0 aliphatic rings. The number of carbonyl (C=O) groups excluding carboxylic acids is 1. The lowest BCUT2D eigenvalue weighted by molar-refractivity contribution is 0.0987. The van der Waals surface area contributed by atoms with Crippen molar-refractivity contribution in [3.8, 4) is 0 Å². The van der Waals surface area contributed by atoms with Gasteiger partial charge in [-0.15, -0.1) is 0 Å². The van der Waals surface area contributed by atoms with Gasteiger partial charge in [0.15, 0.2) is 0 Å². The van der Waals surface area contributed by atoms with Crippen LogP contribution in [0.2, 0.25) is 0 Å². The minimum Gasteiger partial charge on any atom is -0.330 e.